The first kappa shape index (κ1) is 24.1. The molecule has 0 bridgehead atoms. The van der Waals surface area contributed by atoms with Gasteiger partial charge in [-0.1, -0.05) is 12.1 Å². The number of amides is 1. The van der Waals surface area contributed by atoms with Crippen molar-refractivity contribution >= 4 is 17.0 Å². The largest absolute Gasteiger partial charge is 0.444 e. The molecule has 0 unspecified atom stereocenters. The molecule has 32 heavy (non-hydrogen) atoms. The number of pyridine rings is 1. The van der Waals surface area contributed by atoms with Gasteiger partial charge < -0.3 is 14.7 Å². The highest BCUT2D eigenvalue weighted by Gasteiger charge is 2.41. The van der Waals surface area contributed by atoms with E-state index in [2.05, 4.69) is 4.98 Å². The molecule has 5 nitrogen and oxygen atoms in total. The Balaban J connectivity index is 2.14. The van der Waals surface area contributed by atoms with Gasteiger partial charge in [0.05, 0.1) is 17.1 Å². The summed E-state index contributed by atoms with van der Waals surface area (Å²) >= 11 is 0. The third-order valence-corrected chi connectivity index (χ3v) is 5.08. The van der Waals surface area contributed by atoms with Crippen molar-refractivity contribution in [2.45, 2.75) is 63.7 Å². The Morgan fingerprint density at radius 1 is 1.16 bits per heavy atom. The van der Waals surface area contributed by atoms with Crippen LogP contribution in [-0.2, 0) is 17.1 Å². The molecule has 11 heteroatoms. The monoisotopic (exact) mass is 464 g/mol. The maximum Gasteiger partial charge on any atom is 0.433 e. The van der Waals surface area contributed by atoms with Crippen molar-refractivity contribution < 1.29 is 41.0 Å². The SMILES string of the molecule is CC(C)(C)OC(=O)N1CCC[C@H]1[C@H](O)c1cc(C(F)(F)F)nc2c(C(F)(F)F)cccc12. The van der Waals surface area contributed by atoms with Crippen molar-refractivity contribution in [1.29, 1.82) is 0 Å². The van der Waals surface area contributed by atoms with Crippen LogP contribution in [0.5, 0.6) is 0 Å². The average Bonchev–Trinajstić information content (AvgIpc) is 3.13. The van der Waals surface area contributed by atoms with Gasteiger partial charge in [0.1, 0.15) is 17.4 Å². The van der Waals surface area contributed by atoms with Crippen LogP contribution in [0.25, 0.3) is 10.9 Å². The maximum absolute atomic E-state index is 13.5. The molecule has 1 aromatic carbocycles. The van der Waals surface area contributed by atoms with Gasteiger partial charge in [-0.15, -0.1) is 0 Å². The minimum absolute atomic E-state index is 0.194. The standard InChI is InChI=1S/C21H22F6N2O3/c1-19(2,3)32-18(31)29-9-5-8-14(29)17(30)12-10-15(21(25,26)27)28-16-11(12)6-4-7-13(16)20(22,23)24/h4,6-7,10,14,17,30H,5,8-9H2,1-3H3/t14-,17+/m0/s1. The number of aliphatic hydroxyl groups excluding tert-OH is 1. The molecule has 1 amide bonds. The molecular formula is C21H22F6N2O3. The molecule has 1 saturated heterocycles. The number of nitrogens with zero attached hydrogens (tertiary/aromatic N) is 2. The van der Waals surface area contributed by atoms with E-state index in [1.807, 2.05) is 0 Å². The third-order valence-electron chi connectivity index (χ3n) is 5.08. The number of para-hydroxylation sites is 1. The predicted octanol–water partition coefficient (Wildman–Crippen LogP) is 5.71. The fraction of sp³-hybridized carbons (Fsp3) is 0.524. The Bertz CT molecular complexity index is 1010. The number of alkyl halides is 6. The van der Waals surface area contributed by atoms with E-state index in [9.17, 15) is 36.2 Å². The second kappa shape index (κ2) is 8.09. The number of carbonyl (C=O) groups excluding carboxylic acids is 1. The first-order valence-electron chi connectivity index (χ1n) is 9.85. The second-order valence-corrected chi connectivity index (χ2v) is 8.62. The number of hydrogen-bond acceptors (Lipinski definition) is 4. The summed E-state index contributed by atoms with van der Waals surface area (Å²) < 4.78 is 86.0. The smallest absolute Gasteiger partial charge is 0.433 e. The molecule has 1 aliphatic rings. The minimum Gasteiger partial charge on any atom is -0.444 e. The molecule has 2 atom stereocenters. The van der Waals surface area contributed by atoms with Crippen molar-refractivity contribution in [3.05, 3.63) is 41.1 Å². The number of halogens is 6. The molecular weight excluding hydrogens is 442 g/mol. The molecule has 1 fully saturated rings. The maximum atomic E-state index is 13.5. The van der Waals surface area contributed by atoms with Crippen LogP contribution < -0.4 is 0 Å². The summed E-state index contributed by atoms with van der Waals surface area (Å²) in [7, 11) is 0. The van der Waals surface area contributed by atoms with Crippen LogP contribution in [0.2, 0.25) is 0 Å². The molecule has 0 aliphatic carbocycles. The molecule has 1 aliphatic heterocycles. The summed E-state index contributed by atoms with van der Waals surface area (Å²) in [6.45, 7) is 5.10. The number of carbonyl (C=O) groups is 1. The van der Waals surface area contributed by atoms with Gasteiger partial charge in [-0.25, -0.2) is 9.78 Å². The number of likely N-dealkylation sites (tertiary alicyclic amines) is 1. The van der Waals surface area contributed by atoms with E-state index in [4.69, 9.17) is 4.74 Å². The Morgan fingerprint density at radius 2 is 1.81 bits per heavy atom. The van der Waals surface area contributed by atoms with Crippen LogP contribution >= 0.6 is 0 Å². The van der Waals surface area contributed by atoms with Crippen LogP contribution in [0.3, 0.4) is 0 Å². The summed E-state index contributed by atoms with van der Waals surface area (Å²) in [5.41, 5.74) is -5.04. The molecule has 0 saturated carbocycles. The summed E-state index contributed by atoms with van der Waals surface area (Å²) in [4.78, 5) is 17.0. The first-order chi connectivity index (χ1) is 14.6. The summed E-state index contributed by atoms with van der Waals surface area (Å²) in [6.07, 6.45) is -11.7. The van der Waals surface area contributed by atoms with Crippen molar-refractivity contribution in [1.82, 2.24) is 9.88 Å². The lowest BCUT2D eigenvalue weighted by atomic mass is 9.94. The average molecular weight is 464 g/mol. The number of hydrogen-bond donors (Lipinski definition) is 1. The Hall–Kier alpha value is -2.56. The number of benzene rings is 1. The lowest BCUT2D eigenvalue weighted by Crippen LogP contribution is -2.42. The van der Waals surface area contributed by atoms with Gasteiger partial charge in [0, 0.05) is 11.9 Å². The predicted molar refractivity (Wildman–Crippen MR) is 103 cm³/mol. The zero-order valence-corrected chi connectivity index (χ0v) is 17.5. The van der Waals surface area contributed by atoms with Crippen LogP contribution in [-0.4, -0.2) is 39.3 Å². The van der Waals surface area contributed by atoms with Crippen LogP contribution in [0.1, 0.15) is 56.5 Å². The number of fused-ring (bicyclic) bond motifs is 1. The molecule has 176 valence electrons. The first-order valence-corrected chi connectivity index (χ1v) is 9.85. The van der Waals surface area contributed by atoms with Crippen molar-refractivity contribution in [3.63, 3.8) is 0 Å². The van der Waals surface area contributed by atoms with E-state index in [0.717, 1.165) is 6.07 Å². The molecule has 1 N–H and O–H groups in total. The molecule has 2 heterocycles. The quantitative estimate of drug-likeness (QED) is 0.579. The minimum atomic E-state index is -5.04. The van der Waals surface area contributed by atoms with E-state index in [1.165, 1.54) is 11.0 Å². The van der Waals surface area contributed by atoms with Crippen molar-refractivity contribution in [3.8, 4) is 0 Å². The number of aliphatic hydroxyl groups is 1. The normalized spacial score (nSPS) is 18.8. The van der Waals surface area contributed by atoms with E-state index >= 15 is 0 Å². The zero-order chi connectivity index (χ0) is 24.1. The van der Waals surface area contributed by atoms with Gasteiger partial charge in [0.2, 0.25) is 0 Å². The fourth-order valence-corrected chi connectivity index (χ4v) is 3.77. The molecule has 2 aromatic rings. The lowest BCUT2D eigenvalue weighted by Gasteiger charge is -2.31. The van der Waals surface area contributed by atoms with Crippen molar-refractivity contribution in [2.75, 3.05) is 6.54 Å². The Kier molecular flexibility index (Phi) is 6.09. The van der Waals surface area contributed by atoms with Gasteiger partial charge >= 0.3 is 18.4 Å². The number of rotatable bonds is 2. The lowest BCUT2D eigenvalue weighted by molar-refractivity contribution is -0.142. The van der Waals surface area contributed by atoms with E-state index in [0.29, 0.717) is 18.6 Å². The number of aromatic nitrogens is 1. The number of ether oxygens (including phenoxy) is 1. The molecule has 3 rings (SSSR count). The van der Waals surface area contributed by atoms with Gasteiger partial charge in [-0.05, 0) is 51.3 Å². The molecule has 0 spiro atoms. The Labute approximate surface area is 180 Å². The molecule has 1 aromatic heterocycles. The van der Waals surface area contributed by atoms with Crippen LogP contribution in [0.4, 0.5) is 31.1 Å². The zero-order valence-electron chi connectivity index (χ0n) is 17.5. The summed E-state index contributed by atoms with van der Waals surface area (Å²) in [5.74, 6) is 0. The molecule has 0 radical (unpaired) electrons. The fourth-order valence-electron chi connectivity index (χ4n) is 3.77. The topological polar surface area (TPSA) is 62.7 Å². The highest BCUT2D eigenvalue weighted by molar-refractivity contribution is 5.86. The summed E-state index contributed by atoms with van der Waals surface area (Å²) in [6, 6.07) is 2.41. The van der Waals surface area contributed by atoms with Crippen molar-refractivity contribution in [2.24, 2.45) is 0 Å². The van der Waals surface area contributed by atoms with Crippen LogP contribution in [0.15, 0.2) is 24.3 Å². The van der Waals surface area contributed by atoms with Gasteiger partial charge in [-0.2, -0.15) is 26.3 Å². The highest BCUT2D eigenvalue weighted by atomic mass is 19.4. The van der Waals surface area contributed by atoms with Gasteiger partial charge in [0.25, 0.3) is 0 Å². The van der Waals surface area contributed by atoms with E-state index in [-0.39, 0.29) is 23.9 Å². The second-order valence-electron chi connectivity index (χ2n) is 8.62. The highest BCUT2D eigenvalue weighted by Crippen LogP contribution is 2.41. The third kappa shape index (κ3) is 4.92. The Morgan fingerprint density at radius 3 is 2.38 bits per heavy atom. The van der Waals surface area contributed by atoms with E-state index < -0.39 is 53.0 Å². The van der Waals surface area contributed by atoms with Crippen LogP contribution in [0, 0.1) is 0 Å². The van der Waals surface area contributed by atoms with E-state index in [1.54, 1.807) is 20.8 Å². The summed E-state index contributed by atoms with van der Waals surface area (Å²) in [5, 5.41) is 10.7. The van der Waals surface area contributed by atoms with Gasteiger partial charge in [0.15, 0.2) is 0 Å². The van der Waals surface area contributed by atoms with Gasteiger partial charge in [-0.3, -0.25) is 0 Å².